The lowest BCUT2D eigenvalue weighted by Gasteiger charge is -2.26. The Morgan fingerprint density at radius 2 is 2.03 bits per heavy atom. The van der Waals surface area contributed by atoms with Crippen molar-refractivity contribution in [2.75, 3.05) is 32.7 Å². The summed E-state index contributed by atoms with van der Waals surface area (Å²) >= 11 is 1.56. The summed E-state index contributed by atoms with van der Waals surface area (Å²) in [6, 6.07) is 12.5. The van der Waals surface area contributed by atoms with Gasteiger partial charge in [-0.1, -0.05) is 36.4 Å². The van der Waals surface area contributed by atoms with Crippen molar-refractivity contribution >= 4 is 35.5 Å². The first-order valence-corrected chi connectivity index (χ1v) is 11.8. The molecule has 1 aromatic heterocycles. The number of nitrogens with zero attached hydrogens (tertiary/aromatic N) is 3. The van der Waals surface area contributed by atoms with E-state index in [0.717, 1.165) is 67.3 Å². The molecule has 0 radical (unpaired) electrons. The van der Waals surface area contributed by atoms with Crippen molar-refractivity contribution in [1.82, 2.24) is 15.5 Å². The van der Waals surface area contributed by atoms with Crippen molar-refractivity contribution in [2.24, 2.45) is 9.98 Å². The number of thiophene rings is 1. The van der Waals surface area contributed by atoms with Crippen LogP contribution in [0.2, 0.25) is 0 Å². The molecule has 0 bridgehead atoms. The number of carbonyl (C=O) groups excluding carboxylic acids is 1. The minimum Gasteiger partial charge on any atom is -0.355 e. The number of benzene rings is 1. The molecule has 2 N–H and O–H groups in total. The second kappa shape index (κ2) is 11.0. The van der Waals surface area contributed by atoms with Crippen LogP contribution in [0, 0.1) is 0 Å². The number of guanidine groups is 1. The number of nitrogens with one attached hydrogen (secondary N) is 2. The van der Waals surface area contributed by atoms with Crippen LogP contribution in [-0.4, -0.2) is 55.7 Å². The summed E-state index contributed by atoms with van der Waals surface area (Å²) in [7, 11) is 0. The second-order valence-electron chi connectivity index (χ2n) is 7.65. The van der Waals surface area contributed by atoms with Crippen LogP contribution < -0.4 is 10.6 Å². The highest BCUT2D eigenvalue weighted by atomic mass is 32.1. The molecule has 2 aromatic rings. The zero-order valence-corrected chi connectivity index (χ0v) is 18.5. The fourth-order valence-corrected chi connectivity index (χ4v) is 4.72. The summed E-state index contributed by atoms with van der Waals surface area (Å²) in [6.45, 7) is 4.59. The predicted octanol–water partition coefficient (Wildman–Crippen LogP) is 3.36. The van der Waals surface area contributed by atoms with E-state index in [9.17, 15) is 4.79 Å². The highest BCUT2D eigenvalue weighted by molar-refractivity contribution is 7.15. The SMILES string of the molecule is O=C(c1cc2c(s1)/C=C\CC=NC(NCCCc1ccccc1)=NC2)N1CCNCC1. The Bertz CT molecular complexity index is 958. The Morgan fingerprint density at radius 3 is 2.87 bits per heavy atom. The average Bonchev–Trinajstić information content (AvgIpc) is 3.23. The molecule has 2 aliphatic heterocycles. The monoisotopic (exact) mass is 435 g/mol. The van der Waals surface area contributed by atoms with Crippen LogP contribution >= 0.6 is 11.3 Å². The summed E-state index contributed by atoms with van der Waals surface area (Å²) in [5.74, 6) is 0.789. The summed E-state index contributed by atoms with van der Waals surface area (Å²) in [4.78, 5) is 25.9. The van der Waals surface area contributed by atoms with Gasteiger partial charge in [0.1, 0.15) is 0 Å². The number of amides is 1. The molecule has 31 heavy (non-hydrogen) atoms. The van der Waals surface area contributed by atoms with E-state index in [1.807, 2.05) is 23.2 Å². The number of hydrogen-bond acceptors (Lipinski definition) is 6. The Morgan fingerprint density at radius 1 is 1.19 bits per heavy atom. The van der Waals surface area contributed by atoms with Crippen LogP contribution in [0.1, 0.15) is 38.5 Å². The third-order valence-electron chi connectivity index (χ3n) is 5.35. The first kappa shape index (κ1) is 21.5. The van der Waals surface area contributed by atoms with E-state index in [1.54, 1.807) is 11.3 Å². The summed E-state index contributed by atoms with van der Waals surface area (Å²) in [6.07, 6.45) is 8.85. The lowest BCUT2D eigenvalue weighted by molar-refractivity contribution is 0.0740. The Balaban J connectivity index is 1.39. The molecule has 1 aromatic carbocycles. The van der Waals surface area contributed by atoms with Crippen LogP contribution in [0.25, 0.3) is 6.08 Å². The maximum atomic E-state index is 12.9. The highest BCUT2D eigenvalue weighted by Crippen LogP contribution is 2.26. The van der Waals surface area contributed by atoms with Gasteiger partial charge in [0.25, 0.3) is 5.91 Å². The van der Waals surface area contributed by atoms with Gasteiger partial charge in [0, 0.05) is 50.2 Å². The van der Waals surface area contributed by atoms with Gasteiger partial charge in [0.15, 0.2) is 0 Å². The van der Waals surface area contributed by atoms with Crippen molar-refractivity contribution in [3.05, 3.63) is 63.4 Å². The molecule has 1 amide bonds. The van der Waals surface area contributed by atoms with Gasteiger partial charge in [-0.2, -0.15) is 0 Å². The van der Waals surface area contributed by atoms with Gasteiger partial charge >= 0.3 is 0 Å². The number of carbonyl (C=O) groups is 1. The van der Waals surface area contributed by atoms with E-state index < -0.39 is 0 Å². The molecule has 4 rings (SSSR count). The molecular weight excluding hydrogens is 406 g/mol. The fraction of sp³-hybridized carbons (Fsp3) is 0.375. The van der Waals surface area contributed by atoms with Crippen molar-refractivity contribution in [1.29, 1.82) is 0 Å². The molecule has 1 saturated heterocycles. The predicted molar refractivity (Wildman–Crippen MR) is 129 cm³/mol. The van der Waals surface area contributed by atoms with Gasteiger partial charge in [-0.05, 0) is 36.1 Å². The Kier molecular flexibility index (Phi) is 7.63. The summed E-state index contributed by atoms with van der Waals surface area (Å²) in [5.41, 5.74) is 2.43. The maximum absolute atomic E-state index is 12.9. The Hall–Kier alpha value is -2.77. The number of allylic oxidation sites excluding steroid dienone is 1. The molecule has 0 unspecified atom stereocenters. The van der Waals surface area contributed by atoms with E-state index in [2.05, 4.69) is 52.0 Å². The molecule has 162 valence electrons. The van der Waals surface area contributed by atoms with Gasteiger partial charge in [-0.25, -0.2) is 9.98 Å². The number of piperazine rings is 1. The quantitative estimate of drug-likeness (QED) is 0.708. The van der Waals surface area contributed by atoms with Gasteiger partial charge in [-0.15, -0.1) is 11.3 Å². The largest absolute Gasteiger partial charge is 0.355 e. The standard InChI is InChI=1S/C24H29N5OS/c30-23(29-15-13-25-14-16-29)22-17-20-18-28-24(26-11-5-4-10-21(20)31-22)27-12-6-9-19-7-2-1-3-8-19/h1-4,7-8,10-11,17,25H,5-6,9,12-16,18H2,(H,27,28)/b10-4-,26-11?. The zero-order valence-electron chi connectivity index (χ0n) is 17.7. The van der Waals surface area contributed by atoms with E-state index in [4.69, 9.17) is 4.99 Å². The minimum absolute atomic E-state index is 0.127. The number of aliphatic imine (C=N–C) groups is 2. The smallest absolute Gasteiger partial charge is 0.264 e. The number of hydrogen-bond donors (Lipinski definition) is 2. The van der Waals surface area contributed by atoms with Gasteiger partial charge in [-0.3, -0.25) is 4.79 Å². The highest BCUT2D eigenvalue weighted by Gasteiger charge is 2.21. The second-order valence-corrected chi connectivity index (χ2v) is 8.73. The first-order chi connectivity index (χ1) is 15.3. The molecule has 0 spiro atoms. The number of fused-ring (bicyclic) bond motifs is 1. The van der Waals surface area contributed by atoms with Crippen LogP contribution in [-0.2, 0) is 13.0 Å². The zero-order chi connectivity index (χ0) is 21.3. The van der Waals surface area contributed by atoms with Gasteiger partial charge in [0.05, 0.1) is 11.4 Å². The first-order valence-electron chi connectivity index (χ1n) is 10.9. The van der Waals surface area contributed by atoms with Crippen LogP contribution in [0.15, 0.2) is 52.5 Å². The molecule has 7 heteroatoms. The molecule has 6 nitrogen and oxygen atoms in total. The average molecular weight is 436 g/mol. The molecule has 0 aliphatic carbocycles. The summed E-state index contributed by atoms with van der Waals surface area (Å²) in [5, 5.41) is 6.66. The van der Waals surface area contributed by atoms with Crippen molar-refractivity contribution in [2.45, 2.75) is 25.8 Å². The topological polar surface area (TPSA) is 69.1 Å². The van der Waals surface area contributed by atoms with Crippen LogP contribution in [0.4, 0.5) is 0 Å². The third-order valence-corrected chi connectivity index (χ3v) is 6.48. The van der Waals surface area contributed by atoms with E-state index in [-0.39, 0.29) is 5.91 Å². The van der Waals surface area contributed by atoms with E-state index in [1.165, 1.54) is 5.56 Å². The summed E-state index contributed by atoms with van der Waals surface area (Å²) < 4.78 is 0. The van der Waals surface area contributed by atoms with Crippen molar-refractivity contribution in [3.8, 4) is 0 Å². The molecule has 0 atom stereocenters. The Labute approximate surface area is 187 Å². The molecule has 3 heterocycles. The number of rotatable bonds is 5. The van der Waals surface area contributed by atoms with Crippen molar-refractivity contribution in [3.63, 3.8) is 0 Å². The molecule has 1 fully saturated rings. The van der Waals surface area contributed by atoms with E-state index >= 15 is 0 Å². The molecule has 0 saturated carbocycles. The number of aryl methyl sites for hydroxylation is 1. The fourth-order valence-electron chi connectivity index (χ4n) is 3.65. The van der Waals surface area contributed by atoms with Crippen molar-refractivity contribution < 1.29 is 4.79 Å². The minimum atomic E-state index is 0.127. The van der Waals surface area contributed by atoms with Gasteiger partial charge in [0.2, 0.25) is 5.96 Å². The third kappa shape index (κ3) is 6.12. The maximum Gasteiger partial charge on any atom is 0.264 e. The van der Waals surface area contributed by atoms with E-state index in [0.29, 0.717) is 12.5 Å². The molecular formula is C24H29N5OS. The lowest BCUT2D eigenvalue weighted by Crippen LogP contribution is -2.46. The molecule has 2 aliphatic rings. The van der Waals surface area contributed by atoms with Crippen LogP contribution in [0.5, 0.6) is 0 Å². The van der Waals surface area contributed by atoms with Crippen LogP contribution in [0.3, 0.4) is 0 Å². The van der Waals surface area contributed by atoms with Gasteiger partial charge < -0.3 is 15.5 Å². The normalized spacial score (nSPS) is 17.5. The lowest BCUT2D eigenvalue weighted by atomic mass is 10.1.